The Kier molecular flexibility index (Phi) is 8.73. The van der Waals surface area contributed by atoms with E-state index in [2.05, 4.69) is 10.3 Å². The Hall–Kier alpha value is -2.45. The highest BCUT2D eigenvalue weighted by Crippen LogP contribution is 2.09. The average molecular weight is 376 g/mol. The topological polar surface area (TPSA) is 78.7 Å². The molecule has 0 saturated carbocycles. The van der Waals surface area contributed by atoms with E-state index >= 15 is 0 Å². The Balaban J connectivity index is 1.78. The SMILES string of the molecule is CCOC(Cn1cc(C(=O)N(C)CCCOc2ccccc2)nn1)OCC. The Morgan fingerprint density at radius 2 is 1.89 bits per heavy atom. The van der Waals surface area contributed by atoms with Gasteiger partial charge in [-0.25, -0.2) is 4.68 Å². The zero-order chi connectivity index (χ0) is 19.5. The number of ether oxygens (including phenoxy) is 3. The number of amides is 1. The summed E-state index contributed by atoms with van der Waals surface area (Å²) in [5, 5.41) is 7.96. The molecule has 8 nitrogen and oxygen atoms in total. The maximum absolute atomic E-state index is 12.5. The first-order valence-corrected chi connectivity index (χ1v) is 9.20. The Labute approximate surface area is 160 Å². The molecule has 0 N–H and O–H groups in total. The largest absolute Gasteiger partial charge is 0.494 e. The Morgan fingerprint density at radius 1 is 1.19 bits per heavy atom. The molecule has 1 amide bonds. The van der Waals surface area contributed by atoms with E-state index in [0.29, 0.717) is 38.6 Å². The van der Waals surface area contributed by atoms with Gasteiger partial charge in [-0.3, -0.25) is 4.79 Å². The van der Waals surface area contributed by atoms with Crippen molar-refractivity contribution < 1.29 is 19.0 Å². The molecule has 0 radical (unpaired) electrons. The smallest absolute Gasteiger partial charge is 0.275 e. The fraction of sp³-hybridized carbons (Fsp3) is 0.526. The van der Waals surface area contributed by atoms with Crippen molar-refractivity contribution in [3.05, 3.63) is 42.2 Å². The maximum Gasteiger partial charge on any atom is 0.275 e. The van der Waals surface area contributed by atoms with Gasteiger partial charge in [-0.1, -0.05) is 23.4 Å². The average Bonchev–Trinajstić information content (AvgIpc) is 3.14. The molecule has 0 saturated heterocycles. The van der Waals surface area contributed by atoms with Gasteiger partial charge in [-0.15, -0.1) is 5.10 Å². The summed E-state index contributed by atoms with van der Waals surface area (Å²) in [6.45, 7) is 6.38. The Bertz CT molecular complexity index is 671. The van der Waals surface area contributed by atoms with Gasteiger partial charge < -0.3 is 19.1 Å². The summed E-state index contributed by atoms with van der Waals surface area (Å²) >= 11 is 0. The number of carbonyl (C=O) groups excluding carboxylic acids is 1. The van der Waals surface area contributed by atoms with Crippen LogP contribution >= 0.6 is 0 Å². The minimum atomic E-state index is -0.405. The van der Waals surface area contributed by atoms with Crippen LogP contribution in [-0.2, 0) is 16.0 Å². The fourth-order valence-electron chi connectivity index (χ4n) is 2.47. The maximum atomic E-state index is 12.5. The highest BCUT2D eigenvalue weighted by Gasteiger charge is 2.17. The summed E-state index contributed by atoms with van der Waals surface area (Å²) in [6.07, 6.45) is 1.93. The molecule has 0 spiro atoms. The molecule has 0 bridgehead atoms. The highest BCUT2D eigenvalue weighted by atomic mass is 16.7. The highest BCUT2D eigenvalue weighted by molar-refractivity contribution is 5.91. The molecule has 27 heavy (non-hydrogen) atoms. The molecular formula is C19H28N4O4. The van der Waals surface area contributed by atoms with E-state index in [1.165, 1.54) is 0 Å². The van der Waals surface area contributed by atoms with Crippen molar-refractivity contribution in [2.24, 2.45) is 0 Å². The second-order valence-electron chi connectivity index (χ2n) is 5.91. The summed E-state index contributed by atoms with van der Waals surface area (Å²) in [7, 11) is 1.74. The van der Waals surface area contributed by atoms with Crippen LogP contribution in [0.3, 0.4) is 0 Å². The van der Waals surface area contributed by atoms with Crippen molar-refractivity contribution in [2.75, 3.05) is 33.4 Å². The third-order valence-corrected chi connectivity index (χ3v) is 3.80. The van der Waals surface area contributed by atoms with Crippen LogP contribution in [0.1, 0.15) is 30.8 Å². The Morgan fingerprint density at radius 3 is 2.56 bits per heavy atom. The van der Waals surface area contributed by atoms with Crippen LogP contribution in [0.5, 0.6) is 5.75 Å². The van der Waals surface area contributed by atoms with Crippen LogP contribution < -0.4 is 4.74 Å². The first-order chi connectivity index (χ1) is 13.1. The third-order valence-electron chi connectivity index (χ3n) is 3.80. The third kappa shape index (κ3) is 6.99. The van der Waals surface area contributed by atoms with Crippen LogP contribution in [0.25, 0.3) is 0 Å². The quantitative estimate of drug-likeness (QED) is 0.417. The van der Waals surface area contributed by atoms with E-state index in [-0.39, 0.29) is 5.91 Å². The molecule has 0 aliphatic carbocycles. The van der Waals surface area contributed by atoms with E-state index in [9.17, 15) is 4.79 Å². The number of aromatic nitrogens is 3. The van der Waals surface area contributed by atoms with Gasteiger partial charge in [0.2, 0.25) is 0 Å². The lowest BCUT2D eigenvalue weighted by molar-refractivity contribution is -0.145. The van der Waals surface area contributed by atoms with Gasteiger partial charge in [0.05, 0.1) is 19.3 Å². The molecular weight excluding hydrogens is 348 g/mol. The normalized spacial score (nSPS) is 11.0. The number of para-hydroxylation sites is 1. The van der Waals surface area contributed by atoms with E-state index in [0.717, 1.165) is 12.2 Å². The number of hydrogen-bond donors (Lipinski definition) is 0. The number of rotatable bonds is 12. The summed E-state index contributed by atoms with van der Waals surface area (Å²) in [5.74, 6) is 0.651. The van der Waals surface area contributed by atoms with E-state index < -0.39 is 6.29 Å². The molecule has 2 rings (SSSR count). The summed E-state index contributed by atoms with van der Waals surface area (Å²) in [6, 6.07) is 9.61. The second-order valence-corrected chi connectivity index (χ2v) is 5.91. The van der Waals surface area contributed by atoms with Gasteiger partial charge >= 0.3 is 0 Å². The molecule has 0 aliphatic heterocycles. The standard InChI is InChI=1S/C19H28N4O4/c1-4-25-18(26-5-2)15-23-14-17(20-21-23)19(24)22(3)12-9-13-27-16-10-7-6-8-11-16/h6-8,10-11,14,18H,4-5,9,12-13,15H2,1-3H3. The van der Waals surface area contributed by atoms with Crippen molar-refractivity contribution in [3.8, 4) is 5.75 Å². The van der Waals surface area contributed by atoms with Crippen LogP contribution in [0.4, 0.5) is 0 Å². The molecule has 1 aromatic heterocycles. The lowest BCUT2D eigenvalue weighted by Crippen LogP contribution is -2.29. The molecule has 1 heterocycles. The summed E-state index contributed by atoms with van der Waals surface area (Å²) < 4.78 is 18.2. The van der Waals surface area contributed by atoms with Crippen LogP contribution in [-0.4, -0.2) is 65.5 Å². The van der Waals surface area contributed by atoms with Crippen molar-refractivity contribution >= 4 is 5.91 Å². The van der Waals surface area contributed by atoms with Gasteiger partial charge in [-0.2, -0.15) is 0 Å². The van der Waals surface area contributed by atoms with Gasteiger partial charge in [0.15, 0.2) is 12.0 Å². The molecule has 1 aromatic carbocycles. The molecule has 0 unspecified atom stereocenters. The van der Waals surface area contributed by atoms with Gasteiger partial charge in [0.1, 0.15) is 5.75 Å². The monoisotopic (exact) mass is 376 g/mol. The minimum Gasteiger partial charge on any atom is -0.494 e. The fourth-order valence-corrected chi connectivity index (χ4v) is 2.47. The van der Waals surface area contributed by atoms with Crippen molar-refractivity contribution in [1.29, 1.82) is 0 Å². The van der Waals surface area contributed by atoms with E-state index in [1.807, 2.05) is 44.2 Å². The summed E-state index contributed by atoms with van der Waals surface area (Å²) in [4.78, 5) is 14.1. The van der Waals surface area contributed by atoms with Gasteiger partial charge in [-0.05, 0) is 32.4 Å². The number of nitrogens with zero attached hydrogens (tertiary/aromatic N) is 4. The van der Waals surface area contributed by atoms with Crippen LogP contribution in [0.15, 0.2) is 36.5 Å². The van der Waals surface area contributed by atoms with Crippen molar-refractivity contribution in [1.82, 2.24) is 19.9 Å². The number of carbonyl (C=O) groups is 1. The van der Waals surface area contributed by atoms with Crippen molar-refractivity contribution in [3.63, 3.8) is 0 Å². The van der Waals surface area contributed by atoms with Gasteiger partial charge in [0.25, 0.3) is 5.91 Å². The summed E-state index contributed by atoms with van der Waals surface area (Å²) in [5.41, 5.74) is 0.299. The zero-order valence-electron chi connectivity index (χ0n) is 16.2. The molecule has 8 heteroatoms. The lowest BCUT2D eigenvalue weighted by atomic mass is 10.3. The molecule has 148 valence electrons. The molecule has 0 atom stereocenters. The zero-order valence-corrected chi connectivity index (χ0v) is 16.2. The molecule has 0 fully saturated rings. The van der Waals surface area contributed by atoms with E-state index in [1.54, 1.807) is 22.8 Å². The first kappa shape index (κ1) is 20.9. The van der Waals surface area contributed by atoms with Crippen LogP contribution in [0.2, 0.25) is 0 Å². The number of hydrogen-bond acceptors (Lipinski definition) is 6. The predicted octanol–water partition coefficient (Wildman–Crippen LogP) is 2.22. The van der Waals surface area contributed by atoms with E-state index in [4.69, 9.17) is 14.2 Å². The minimum absolute atomic E-state index is 0.176. The van der Waals surface area contributed by atoms with Crippen molar-refractivity contribution in [2.45, 2.75) is 33.1 Å². The van der Waals surface area contributed by atoms with Crippen LogP contribution in [0, 0.1) is 0 Å². The lowest BCUT2D eigenvalue weighted by Gasteiger charge is -2.16. The second kappa shape index (κ2) is 11.3. The van der Waals surface area contributed by atoms with Gasteiger partial charge in [0, 0.05) is 26.8 Å². The molecule has 0 aliphatic rings. The first-order valence-electron chi connectivity index (χ1n) is 9.20. The molecule has 2 aromatic rings. The number of benzene rings is 1. The predicted molar refractivity (Wildman–Crippen MR) is 101 cm³/mol.